The minimum absolute atomic E-state index is 0.215. The van der Waals surface area contributed by atoms with Gasteiger partial charge in [-0.05, 0) is 25.7 Å². The summed E-state index contributed by atoms with van der Waals surface area (Å²) in [5.74, 6) is -4.42. The maximum atomic E-state index is 12.6. The smallest absolute Gasteiger partial charge is 0.326 e. The van der Waals surface area contributed by atoms with E-state index >= 15 is 0 Å². The highest BCUT2D eigenvalue weighted by molar-refractivity contribution is 5.94. The first-order chi connectivity index (χ1) is 13.2. The molecule has 6 atom stereocenters. The van der Waals surface area contributed by atoms with E-state index in [4.69, 9.17) is 5.73 Å². The summed E-state index contributed by atoms with van der Waals surface area (Å²) in [6.45, 7) is 9.10. The van der Waals surface area contributed by atoms with Crippen LogP contribution >= 0.6 is 0 Å². The zero-order valence-electron chi connectivity index (χ0n) is 17.7. The molecular formula is C18H34N4O7. The lowest BCUT2D eigenvalue weighted by Gasteiger charge is -2.28. The van der Waals surface area contributed by atoms with Crippen molar-refractivity contribution in [1.82, 2.24) is 16.0 Å². The van der Waals surface area contributed by atoms with Gasteiger partial charge in [-0.2, -0.15) is 0 Å². The largest absolute Gasteiger partial charge is 0.480 e. The van der Waals surface area contributed by atoms with Gasteiger partial charge in [-0.15, -0.1) is 0 Å². The topological polar surface area (TPSA) is 191 Å². The number of amides is 3. The van der Waals surface area contributed by atoms with Gasteiger partial charge < -0.3 is 37.0 Å². The third-order valence-electron chi connectivity index (χ3n) is 4.38. The Balaban J connectivity index is 5.37. The maximum absolute atomic E-state index is 12.6. The maximum Gasteiger partial charge on any atom is 0.326 e. The Hall–Kier alpha value is -2.24. The first kappa shape index (κ1) is 26.8. The molecule has 0 radical (unpaired) electrons. The van der Waals surface area contributed by atoms with E-state index in [1.807, 2.05) is 0 Å². The molecule has 0 saturated heterocycles. The van der Waals surface area contributed by atoms with Crippen molar-refractivity contribution in [1.29, 1.82) is 0 Å². The average Bonchev–Trinajstić information content (AvgIpc) is 2.59. The summed E-state index contributed by atoms with van der Waals surface area (Å²) in [5, 5.41) is 35.8. The minimum Gasteiger partial charge on any atom is -0.480 e. The molecule has 0 aromatic rings. The molecular weight excluding hydrogens is 384 g/mol. The highest BCUT2D eigenvalue weighted by Gasteiger charge is 2.35. The van der Waals surface area contributed by atoms with Gasteiger partial charge >= 0.3 is 5.97 Å². The fraction of sp³-hybridized carbons (Fsp3) is 0.778. The van der Waals surface area contributed by atoms with Gasteiger partial charge in [0.15, 0.2) is 0 Å². The van der Waals surface area contributed by atoms with Crippen molar-refractivity contribution in [3.63, 3.8) is 0 Å². The minimum atomic E-state index is -1.50. The molecule has 0 saturated carbocycles. The summed E-state index contributed by atoms with van der Waals surface area (Å²) in [4.78, 5) is 48.4. The molecule has 0 rings (SSSR count). The van der Waals surface area contributed by atoms with Gasteiger partial charge in [0.2, 0.25) is 17.7 Å². The molecule has 0 aliphatic rings. The molecule has 0 bridgehead atoms. The number of carbonyl (C=O) groups excluding carboxylic acids is 3. The molecule has 0 aromatic heterocycles. The number of aliphatic hydroxyl groups excluding tert-OH is 2. The van der Waals surface area contributed by atoms with Crippen LogP contribution in [-0.2, 0) is 19.2 Å². The van der Waals surface area contributed by atoms with Crippen molar-refractivity contribution >= 4 is 23.7 Å². The molecule has 0 spiro atoms. The SMILES string of the molecule is CC(C)C(N)C(=O)NC(C(=O)NC(C(=O)NC(C(=O)O)C(C)C)C(C)O)C(C)O. The molecule has 0 aromatic carbocycles. The van der Waals surface area contributed by atoms with Crippen LogP contribution in [0.5, 0.6) is 0 Å². The third kappa shape index (κ3) is 8.34. The number of hydrogen-bond acceptors (Lipinski definition) is 7. The van der Waals surface area contributed by atoms with Crippen LogP contribution in [-0.4, -0.2) is 75.4 Å². The summed E-state index contributed by atoms with van der Waals surface area (Å²) in [6, 6.07) is -5.07. The number of nitrogens with two attached hydrogens (primary N) is 1. The summed E-state index contributed by atoms with van der Waals surface area (Å²) >= 11 is 0. The van der Waals surface area contributed by atoms with Gasteiger partial charge in [0.05, 0.1) is 18.2 Å². The van der Waals surface area contributed by atoms with E-state index in [0.717, 1.165) is 0 Å². The average molecular weight is 418 g/mol. The van der Waals surface area contributed by atoms with Gasteiger partial charge in [-0.25, -0.2) is 4.79 Å². The lowest BCUT2D eigenvalue weighted by molar-refractivity contribution is -0.144. The van der Waals surface area contributed by atoms with E-state index in [9.17, 15) is 34.5 Å². The van der Waals surface area contributed by atoms with E-state index in [1.54, 1.807) is 27.7 Å². The van der Waals surface area contributed by atoms with Crippen molar-refractivity contribution in [3.8, 4) is 0 Å². The molecule has 11 nitrogen and oxygen atoms in total. The number of aliphatic hydroxyl groups is 2. The number of carboxylic acids is 1. The molecule has 11 heteroatoms. The summed E-state index contributed by atoms with van der Waals surface area (Å²) in [6.07, 6.45) is -2.69. The molecule has 0 aliphatic carbocycles. The van der Waals surface area contributed by atoms with Crippen LogP contribution in [0.3, 0.4) is 0 Å². The van der Waals surface area contributed by atoms with E-state index in [1.165, 1.54) is 13.8 Å². The van der Waals surface area contributed by atoms with Crippen molar-refractivity contribution in [2.24, 2.45) is 17.6 Å². The quantitative estimate of drug-likeness (QED) is 0.199. The Morgan fingerprint density at radius 3 is 1.28 bits per heavy atom. The van der Waals surface area contributed by atoms with Crippen LogP contribution in [0.4, 0.5) is 0 Å². The Morgan fingerprint density at radius 2 is 1.00 bits per heavy atom. The first-order valence-corrected chi connectivity index (χ1v) is 9.46. The number of rotatable bonds is 11. The van der Waals surface area contributed by atoms with Crippen LogP contribution in [0.1, 0.15) is 41.5 Å². The summed E-state index contributed by atoms with van der Waals surface area (Å²) in [5.41, 5.74) is 5.73. The Morgan fingerprint density at radius 1 is 0.655 bits per heavy atom. The zero-order valence-corrected chi connectivity index (χ0v) is 17.7. The van der Waals surface area contributed by atoms with Crippen LogP contribution in [0.2, 0.25) is 0 Å². The Labute approximate surface area is 170 Å². The van der Waals surface area contributed by atoms with Crippen molar-refractivity contribution < 1.29 is 34.5 Å². The number of carboxylic acid groups (broad SMARTS) is 1. The Kier molecular flexibility index (Phi) is 10.8. The van der Waals surface area contributed by atoms with Crippen molar-refractivity contribution in [2.45, 2.75) is 77.9 Å². The van der Waals surface area contributed by atoms with Crippen LogP contribution in [0.15, 0.2) is 0 Å². The van der Waals surface area contributed by atoms with Crippen molar-refractivity contribution in [3.05, 3.63) is 0 Å². The normalized spacial score (nSPS) is 17.6. The molecule has 0 heterocycles. The number of hydrogen-bond donors (Lipinski definition) is 7. The lowest BCUT2D eigenvalue weighted by Crippen LogP contribution is -2.62. The number of aliphatic carboxylic acids is 1. The van der Waals surface area contributed by atoms with Gasteiger partial charge in [-0.1, -0.05) is 27.7 Å². The van der Waals surface area contributed by atoms with Crippen LogP contribution in [0.25, 0.3) is 0 Å². The van der Waals surface area contributed by atoms with Crippen molar-refractivity contribution in [2.75, 3.05) is 0 Å². The van der Waals surface area contributed by atoms with Crippen LogP contribution in [0, 0.1) is 11.8 Å². The molecule has 29 heavy (non-hydrogen) atoms. The highest BCUT2D eigenvalue weighted by atomic mass is 16.4. The number of carbonyl (C=O) groups is 4. The first-order valence-electron chi connectivity index (χ1n) is 9.46. The second-order valence-corrected chi connectivity index (χ2v) is 7.79. The Bertz CT molecular complexity index is 593. The molecule has 0 fully saturated rings. The van der Waals surface area contributed by atoms with Gasteiger partial charge in [0.25, 0.3) is 0 Å². The predicted molar refractivity (Wildman–Crippen MR) is 104 cm³/mol. The van der Waals surface area contributed by atoms with E-state index in [0.29, 0.717) is 0 Å². The monoisotopic (exact) mass is 418 g/mol. The highest BCUT2D eigenvalue weighted by Crippen LogP contribution is 2.05. The summed E-state index contributed by atoms with van der Waals surface area (Å²) in [7, 11) is 0. The fourth-order valence-corrected chi connectivity index (χ4v) is 2.36. The van der Waals surface area contributed by atoms with Crippen LogP contribution < -0.4 is 21.7 Å². The molecule has 0 aliphatic heterocycles. The fourth-order valence-electron chi connectivity index (χ4n) is 2.36. The third-order valence-corrected chi connectivity index (χ3v) is 4.38. The second-order valence-electron chi connectivity index (χ2n) is 7.79. The summed E-state index contributed by atoms with van der Waals surface area (Å²) < 4.78 is 0. The van der Waals surface area contributed by atoms with Gasteiger partial charge in [0, 0.05) is 0 Å². The predicted octanol–water partition coefficient (Wildman–Crippen LogP) is -2.07. The molecule has 6 unspecified atom stereocenters. The number of nitrogens with one attached hydrogen (secondary N) is 3. The van der Waals surface area contributed by atoms with Gasteiger partial charge in [0.1, 0.15) is 18.1 Å². The molecule has 8 N–H and O–H groups in total. The lowest BCUT2D eigenvalue weighted by atomic mass is 10.0. The zero-order chi connectivity index (χ0) is 23.0. The van der Waals surface area contributed by atoms with E-state index < -0.39 is 66.0 Å². The van der Waals surface area contributed by atoms with E-state index in [-0.39, 0.29) is 5.92 Å². The second kappa shape index (κ2) is 11.7. The van der Waals surface area contributed by atoms with E-state index in [2.05, 4.69) is 16.0 Å². The molecule has 3 amide bonds. The standard InChI is InChI=1S/C18H34N4O7/c1-7(2)11(19)15(25)21-13(9(5)23)17(27)22-14(10(6)24)16(26)20-12(8(3)4)18(28)29/h7-14,23-24H,19H2,1-6H3,(H,20,26)(H,21,25)(H,22,27)(H,28,29). The molecule has 168 valence electrons. The van der Waals surface area contributed by atoms with Gasteiger partial charge in [-0.3, -0.25) is 14.4 Å².